The minimum Gasteiger partial charge on any atom is -0.309 e. The predicted octanol–water partition coefficient (Wildman–Crippen LogP) is 16.7. The summed E-state index contributed by atoms with van der Waals surface area (Å²) in [5.74, 6) is 0. The van der Waals surface area contributed by atoms with Crippen molar-refractivity contribution >= 4 is 120 Å². The van der Waals surface area contributed by atoms with Crippen LogP contribution in [0.25, 0.3) is 86.2 Å². The highest BCUT2D eigenvalue weighted by Gasteiger charge is 2.30. The number of rotatable bonds is 6. The molecule has 2 nitrogen and oxygen atoms in total. The minimum absolute atomic E-state index is 1.11. The summed E-state index contributed by atoms with van der Waals surface area (Å²) in [5.41, 5.74) is 6.82. The number of hydrogen-bond acceptors (Lipinski definition) is 2. The fraction of sp³-hybridized carbons (Fsp3) is 0. The molecule has 0 atom stereocenters. The molecule has 0 N–H and O–H groups in total. The standard InChI is InChI=1S/C58H36N2/c1-5-21-39(22-6-1)59(40-23-7-2-8-24-40)57-51-35-48-45-31-17-30-44-43-29-14-13-18-38(43)34-50(54(44)45)49(48)36-52(51)58(60(41-25-9-3-10-26-41)42-27-11-4-12-28-42)56-47-33-16-20-37-19-15-32-46(53(37)47)55(56)57/h1-36H. The van der Waals surface area contributed by atoms with Gasteiger partial charge in [-0.15, -0.1) is 0 Å². The van der Waals surface area contributed by atoms with Gasteiger partial charge >= 0.3 is 0 Å². The van der Waals surface area contributed by atoms with E-state index >= 15 is 0 Å². The molecule has 278 valence electrons. The second-order valence-corrected chi connectivity index (χ2v) is 16.0. The summed E-state index contributed by atoms with van der Waals surface area (Å²) < 4.78 is 0. The van der Waals surface area contributed by atoms with Crippen LogP contribution in [-0.4, -0.2) is 0 Å². The third kappa shape index (κ3) is 4.64. The molecule has 13 rings (SSSR count). The molecule has 0 aliphatic rings. The number of anilines is 6. The van der Waals surface area contributed by atoms with Gasteiger partial charge in [0, 0.05) is 44.3 Å². The van der Waals surface area contributed by atoms with E-state index in [2.05, 4.69) is 228 Å². The van der Waals surface area contributed by atoms with Gasteiger partial charge in [-0.05, 0) is 131 Å². The van der Waals surface area contributed by atoms with Crippen molar-refractivity contribution in [3.05, 3.63) is 218 Å². The zero-order chi connectivity index (χ0) is 39.3. The Morgan fingerprint density at radius 2 is 0.567 bits per heavy atom. The molecule has 0 amide bonds. The van der Waals surface area contributed by atoms with E-state index in [-0.39, 0.29) is 0 Å². The molecule has 0 aromatic heterocycles. The van der Waals surface area contributed by atoms with E-state index < -0.39 is 0 Å². The van der Waals surface area contributed by atoms with Crippen molar-refractivity contribution in [2.75, 3.05) is 9.80 Å². The molecule has 60 heavy (non-hydrogen) atoms. The zero-order valence-electron chi connectivity index (χ0n) is 32.7. The van der Waals surface area contributed by atoms with Gasteiger partial charge in [0.05, 0.1) is 11.4 Å². The number of fused-ring (bicyclic) bond motifs is 9. The van der Waals surface area contributed by atoms with E-state index in [4.69, 9.17) is 0 Å². The van der Waals surface area contributed by atoms with Crippen molar-refractivity contribution in [2.45, 2.75) is 0 Å². The summed E-state index contributed by atoms with van der Waals surface area (Å²) in [5, 5.41) is 20.2. The highest BCUT2D eigenvalue weighted by Crippen LogP contribution is 2.57. The molecule has 2 heteroatoms. The first-order valence-electron chi connectivity index (χ1n) is 20.8. The fourth-order valence-corrected chi connectivity index (χ4v) is 10.4. The quantitative estimate of drug-likeness (QED) is 0.123. The normalized spacial score (nSPS) is 12.0. The monoisotopic (exact) mass is 760 g/mol. The first-order valence-corrected chi connectivity index (χ1v) is 20.8. The second-order valence-electron chi connectivity index (χ2n) is 16.0. The van der Waals surface area contributed by atoms with Crippen LogP contribution in [0, 0.1) is 0 Å². The molecule has 0 aliphatic carbocycles. The highest BCUT2D eigenvalue weighted by molar-refractivity contribution is 6.43. The van der Waals surface area contributed by atoms with Crippen molar-refractivity contribution in [3.8, 4) is 0 Å². The Bertz CT molecular complexity index is 3670. The maximum Gasteiger partial charge on any atom is 0.0626 e. The van der Waals surface area contributed by atoms with Crippen LogP contribution in [0.5, 0.6) is 0 Å². The van der Waals surface area contributed by atoms with E-state index in [1.165, 1.54) is 97.6 Å². The molecule has 0 fully saturated rings. The van der Waals surface area contributed by atoms with Crippen molar-refractivity contribution in [2.24, 2.45) is 0 Å². The lowest BCUT2D eigenvalue weighted by Crippen LogP contribution is -2.14. The van der Waals surface area contributed by atoms with E-state index in [1.807, 2.05) is 0 Å². The summed E-state index contributed by atoms with van der Waals surface area (Å²) in [4.78, 5) is 5.02. The van der Waals surface area contributed by atoms with Gasteiger partial charge in [-0.25, -0.2) is 0 Å². The van der Waals surface area contributed by atoms with Gasteiger partial charge in [-0.1, -0.05) is 152 Å². The molecule has 0 unspecified atom stereocenters. The summed E-state index contributed by atoms with van der Waals surface area (Å²) >= 11 is 0. The van der Waals surface area contributed by atoms with E-state index in [0.29, 0.717) is 0 Å². The highest BCUT2D eigenvalue weighted by atomic mass is 15.2. The van der Waals surface area contributed by atoms with E-state index in [1.54, 1.807) is 0 Å². The Labute approximate surface area is 347 Å². The molecule has 0 heterocycles. The molecule has 13 aromatic carbocycles. The number of para-hydroxylation sites is 4. The van der Waals surface area contributed by atoms with Gasteiger partial charge in [-0.2, -0.15) is 0 Å². The van der Waals surface area contributed by atoms with Gasteiger partial charge in [0.15, 0.2) is 0 Å². The third-order valence-electron chi connectivity index (χ3n) is 12.8. The first-order chi connectivity index (χ1) is 29.8. The Morgan fingerprint density at radius 3 is 1.07 bits per heavy atom. The Morgan fingerprint density at radius 1 is 0.200 bits per heavy atom. The molecule has 0 spiro atoms. The van der Waals surface area contributed by atoms with Crippen LogP contribution < -0.4 is 9.80 Å². The minimum atomic E-state index is 1.11. The second kappa shape index (κ2) is 12.8. The van der Waals surface area contributed by atoms with Gasteiger partial charge in [0.25, 0.3) is 0 Å². The van der Waals surface area contributed by atoms with Crippen molar-refractivity contribution in [1.82, 2.24) is 0 Å². The fourth-order valence-electron chi connectivity index (χ4n) is 10.4. The number of benzene rings is 11. The van der Waals surface area contributed by atoms with Crippen LogP contribution >= 0.6 is 0 Å². The average Bonchev–Trinajstić information content (AvgIpc) is 3.81. The molecule has 0 saturated heterocycles. The van der Waals surface area contributed by atoms with Crippen LogP contribution in [0.2, 0.25) is 0 Å². The summed E-state index contributed by atoms with van der Waals surface area (Å²) in [6.07, 6.45) is 0. The zero-order valence-corrected chi connectivity index (χ0v) is 32.7. The summed E-state index contributed by atoms with van der Waals surface area (Å²) in [6.45, 7) is 0. The average molecular weight is 761 g/mol. The lowest BCUT2D eigenvalue weighted by Gasteiger charge is -2.32. The maximum atomic E-state index is 2.53. The smallest absolute Gasteiger partial charge is 0.0626 e. The predicted molar refractivity (Wildman–Crippen MR) is 258 cm³/mol. The van der Waals surface area contributed by atoms with Crippen molar-refractivity contribution in [1.29, 1.82) is 0 Å². The Hall–Kier alpha value is -7.94. The number of hydrogen-bond donors (Lipinski definition) is 0. The van der Waals surface area contributed by atoms with E-state index in [9.17, 15) is 0 Å². The summed E-state index contributed by atoms with van der Waals surface area (Å²) in [6, 6.07) is 80.6. The number of nitrogens with zero attached hydrogens (tertiary/aromatic N) is 2. The van der Waals surface area contributed by atoms with E-state index in [0.717, 1.165) is 22.7 Å². The van der Waals surface area contributed by atoms with Crippen LogP contribution in [0.15, 0.2) is 218 Å². The van der Waals surface area contributed by atoms with Crippen LogP contribution in [0.1, 0.15) is 0 Å². The maximum absolute atomic E-state index is 2.53. The molecule has 0 aliphatic heterocycles. The van der Waals surface area contributed by atoms with Crippen LogP contribution in [-0.2, 0) is 0 Å². The SMILES string of the molecule is c1ccc(N(c2ccccc2)c2c3cc4c(cc3c(N(c3ccccc3)c3ccccc3)c3c5cccc6cccc(c23)c65)c2cc3ccccc3c3cccc4c32)cc1. The lowest BCUT2D eigenvalue weighted by atomic mass is 9.94. The largest absolute Gasteiger partial charge is 0.309 e. The Kier molecular flexibility index (Phi) is 7.05. The van der Waals surface area contributed by atoms with Gasteiger partial charge < -0.3 is 9.80 Å². The molecule has 0 saturated carbocycles. The molecule has 0 bridgehead atoms. The lowest BCUT2D eigenvalue weighted by molar-refractivity contribution is 1.30. The third-order valence-corrected chi connectivity index (χ3v) is 12.8. The topological polar surface area (TPSA) is 6.48 Å². The van der Waals surface area contributed by atoms with Crippen LogP contribution in [0.4, 0.5) is 34.1 Å². The van der Waals surface area contributed by atoms with Gasteiger partial charge in [-0.3, -0.25) is 0 Å². The molecule has 13 aromatic rings. The Balaban J connectivity index is 1.34. The molecular weight excluding hydrogens is 725 g/mol. The van der Waals surface area contributed by atoms with Crippen LogP contribution in [0.3, 0.4) is 0 Å². The van der Waals surface area contributed by atoms with Crippen molar-refractivity contribution < 1.29 is 0 Å². The molecule has 0 radical (unpaired) electrons. The van der Waals surface area contributed by atoms with Crippen molar-refractivity contribution in [3.63, 3.8) is 0 Å². The van der Waals surface area contributed by atoms with Gasteiger partial charge in [0.1, 0.15) is 0 Å². The first kappa shape index (κ1) is 33.1. The van der Waals surface area contributed by atoms with Gasteiger partial charge in [0.2, 0.25) is 0 Å². The molecular formula is C58H36N2. The summed E-state index contributed by atoms with van der Waals surface area (Å²) in [7, 11) is 0.